The third kappa shape index (κ3) is 3.15. The Kier molecular flexibility index (Phi) is 3.82. The Balaban J connectivity index is 3.13. The molecule has 2 nitrogen and oxygen atoms in total. The molecule has 0 saturated heterocycles. The average molecular weight is 326 g/mol. The highest BCUT2D eigenvalue weighted by Crippen LogP contribution is 2.46. The van der Waals surface area contributed by atoms with E-state index in [4.69, 9.17) is 5.73 Å². The van der Waals surface area contributed by atoms with Crippen LogP contribution in [0.3, 0.4) is 0 Å². The van der Waals surface area contributed by atoms with Crippen molar-refractivity contribution in [2.75, 3.05) is 0 Å². The SMILES string of the molecule is NC(c1occc1Br)C(C(F)(F)F)C(F)(F)F. The quantitative estimate of drug-likeness (QED) is 0.840. The summed E-state index contributed by atoms with van der Waals surface area (Å²) in [6, 6.07) is -1.18. The van der Waals surface area contributed by atoms with Crippen LogP contribution in [0.25, 0.3) is 0 Å². The van der Waals surface area contributed by atoms with E-state index in [9.17, 15) is 26.3 Å². The molecular formula is C8H6BrF6NO. The first kappa shape index (κ1) is 14.4. The number of nitrogens with two attached hydrogens (primary N) is 1. The number of halogens is 7. The Morgan fingerprint density at radius 2 is 1.59 bits per heavy atom. The molecule has 1 aromatic rings. The summed E-state index contributed by atoms with van der Waals surface area (Å²) in [5.41, 5.74) is 4.99. The summed E-state index contributed by atoms with van der Waals surface area (Å²) >= 11 is 2.76. The van der Waals surface area contributed by atoms with Crippen LogP contribution in [0.2, 0.25) is 0 Å². The van der Waals surface area contributed by atoms with E-state index in [1.165, 1.54) is 6.07 Å². The predicted molar refractivity (Wildman–Crippen MR) is 48.9 cm³/mol. The van der Waals surface area contributed by atoms with Gasteiger partial charge in [0.1, 0.15) is 5.76 Å². The van der Waals surface area contributed by atoms with E-state index in [1.54, 1.807) is 0 Å². The maximum atomic E-state index is 12.3. The van der Waals surface area contributed by atoms with Gasteiger partial charge in [0.05, 0.1) is 16.8 Å². The lowest BCUT2D eigenvalue weighted by atomic mass is 9.97. The molecule has 0 fully saturated rings. The van der Waals surface area contributed by atoms with Crippen LogP contribution < -0.4 is 5.73 Å². The van der Waals surface area contributed by atoms with Crippen molar-refractivity contribution in [2.45, 2.75) is 18.4 Å². The summed E-state index contributed by atoms with van der Waals surface area (Å²) in [5, 5.41) is 0. The Bertz CT molecular complexity index is 370. The lowest BCUT2D eigenvalue weighted by Crippen LogP contribution is -2.43. The van der Waals surface area contributed by atoms with Crippen LogP contribution >= 0.6 is 15.9 Å². The van der Waals surface area contributed by atoms with Gasteiger partial charge in [0.15, 0.2) is 5.92 Å². The lowest BCUT2D eigenvalue weighted by Gasteiger charge is -2.27. The number of hydrogen-bond donors (Lipinski definition) is 1. The summed E-state index contributed by atoms with van der Waals surface area (Å²) in [7, 11) is 0. The van der Waals surface area contributed by atoms with Crippen LogP contribution in [-0.4, -0.2) is 12.4 Å². The summed E-state index contributed by atoms with van der Waals surface area (Å²) in [5.74, 6) is -4.26. The van der Waals surface area contributed by atoms with Gasteiger partial charge in [-0.25, -0.2) is 0 Å². The molecule has 0 aliphatic heterocycles. The van der Waals surface area contributed by atoms with Crippen LogP contribution in [0.15, 0.2) is 21.2 Å². The highest BCUT2D eigenvalue weighted by Gasteiger charge is 2.60. The fourth-order valence-corrected chi connectivity index (χ4v) is 1.75. The van der Waals surface area contributed by atoms with E-state index in [0.717, 1.165) is 6.26 Å². The van der Waals surface area contributed by atoms with Crippen molar-refractivity contribution in [3.63, 3.8) is 0 Å². The van der Waals surface area contributed by atoms with Crippen molar-refractivity contribution in [1.29, 1.82) is 0 Å². The van der Waals surface area contributed by atoms with Crippen LogP contribution in [0.5, 0.6) is 0 Å². The van der Waals surface area contributed by atoms with E-state index < -0.39 is 30.1 Å². The van der Waals surface area contributed by atoms with Gasteiger partial charge in [-0.2, -0.15) is 26.3 Å². The summed E-state index contributed by atoms with van der Waals surface area (Å²) in [4.78, 5) is 0. The number of hydrogen-bond acceptors (Lipinski definition) is 2. The average Bonchev–Trinajstić information content (AvgIpc) is 2.45. The Morgan fingerprint density at radius 1 is 1.12 bits per heavy atom. The molecule has 0 aliphatic carbocycles. The van der Waals surface area contributed by atoms with Crippen molar-refractivity contribution < 1.29 is 30.8 Å². The van der Waals surface area contributed by atoms with Crippen molar-refractivity contribution in [1.82, 2.24) is 0 Å². The van der Waals surface area contributed by atoms with Gasteiger partial charge in [-0.1, -0.05) is 0 Å². The lowest BCUT2D eigenvalue weighted by molar-refractivity contribution is -0.291. The normalized spacial score (nSPS) is 15.4. The van der Waals surface area contributed by atoms with Crippen LogP contribution in [0.1, 0.15) is 11.8 Å². The largest absolute Gasteiger partial charge is 0.466 e. The summed E-state index contributed by atoms with van der Waals surface area (Å²) in [6.45, 7) is 0. The highest BCUT2D eigenvalue weighted by atomic mass is 79.9. The van der Waals surface area contributed by atoms with Gasteiger partial charge < -0.3 is 10.2 Å². The second-order valence-electron chi connectivity index (χ2n) is 3.22. The Hall–Kier alpha value is -0.700. The molecule has 1 unspecified atom stereocenters. The second kappa shape index (κ2) is 4.52. The third-order valence-electron chi connectivity index (χ3n) is 2.01. The van der Waals surface area contributed by atoms with Gasteiger partial charge in [0.2, 0.25) is 0 Å². The van der Waals surface area contributed by atoms with Gasteiger partial charge in [0.25, 0.3) is 0 Å². The van der Waals surface area contributed by atoms with Gasteiger partial charge in [-0.15, -0.1) is 0 Å². The molecule has 98 valence electrons. The molecule has 2 N–H and O–H groups in total. The van der Waals surface area contributed by atoms with Crippen LogP contribution in [0, 0.1) is 5.92 Å². The maximum Gasteiger partial charge on any atom is 0.402 e. The fourth-order valence-electron chi connectivity index (χ4n) is 1.29. The molecule has 1 heterocycles. The molecule has 0 bridgehead atoms. The molecule has 0 aromatic carbocycles. The van der Waals surface area contributed by atoms with Crippen molar-refractivity contribution >= 4 is 15.9 Å². The molecule has 0 radical (unpaired) electrons. The first-order valence-corrected chi connectivity index (χ1v) is 4.96. The number of furan rings is 1. The van der Waals surface area contributed by atoms with Crippen LogP contribution in [-0.2, 0) is 0 Å². The van der Waals surface area contributed by atoms with Crippen molar-refractivity contribution in [2.24, 2.45) is 11.7 Å². The Labute approximate surface area is 99.9 Å². The van der Waals surface area contributed by atoms with E-state index in [-0.39, 0.29) is 4.47 Å². The van der Waals surface area contributed by atoms with Gasteiger partial charge in [-0.3, -0.25) is 0 Å². The molecule has 0 saturated carbocycles. The molecular weight excluding hydrogens is 320 g/mol. The van der Waals surface area contributed by atoms with Crippen LogP contribution in [0.4, 0.5) is 26.3 Å². The smallest absolute Gasteiger partial charge is 0.402 e. The zero-order chi connectivity index (χ0) is 13.4. The molecule has 1 aromatic heterocycles. The summed E-state index contributed by atoms with van der Waals surface area (Å²) in [6.07, 6.45) is -10.0. The van der Waals surface area contributed by atoms with Gasteiger partial charge in [0, 0.05) is 0 Å². The number of alkyl halides is 6. The third-order valence-corrected chi connectivity index (χ3v) is 2.67. The predicted octanol–water partition coefficient (Wildman–Crippen LogP) is 3.78. The molecule has 0 spiro atoms. The highest BCUT2D eigenvalue weighted by molar-refractivity contribution is 9.10. The van der Waals surface area contributed by atoms with E-state index in [2.05, 4.69) is 20.3 Å². The number of rotatable bonds is 2. The van der Waals surface area contributed by atoms with Crippen molar-refractivity contribution in [3.05, 3.63) is 22.6 Å². The first-order valence-electron chi connectivity index (χ1n) is 4.17. The van der Waals surface area contributed by atoms with Crippen molar-refractivity contribution in [3.8, 4) is 0 Å². The topological polar surface area (TPSA) is 39.2 Å². The molecule has 1 atom stereocenters. The first-order chi connectivity index (χ1) is 7.55. The van der Waals surface area contributed by atoms with E-state index in [1.807, 2.05) is 0 Å². The van der Waals surface area contributed by atoms with Gasteiger partial charge >= 0.3 is 12.4 Å². The monoisotopic (exact) mass is 325 g/mol. The minimum absolute atomic E-state index is 0.0384. The molecule has 0 amide bonds. The fraction of sp³-hybridized carbons (Fsp3) is 0.500. The minimum atomic E-state index is -5.50. The minimum Gasteiger partial charge on any atom is -0.466 e. The Morgan fingerprint density at radius 3 is 1.88 bits per heavy atom. The van der Waals surface area contributed by atoms with Gasteiger partial charge in [-0.05, 0) is 22.0 Å². The summed E-state index contributed by atoms with van der Waals surface area (Å²) < 4.78 is 78.5. The standard InChI is InChI=1S/C8H6BrF6NO/c9-3-1-2-17-5(3)4(16)6(7(10,11)12)8(13,14)15/h1-2,4,6H,16H2. The van der Waals surface area contributed by atoms with E-state index in [0.29, 0.717) is 0 Å². The van der Waals surface area contributed by atoms with E-state index >= 15 is 0 Å². The zero-order valence-corrected chi connectivity index (χ0v) is 9.53. The zero-order valence-electron chi connectivity index (χ0n) is 7.94. The molecule has 0 aliphatic rings. The molecule has 17 heavy (non-hydrogen) atoms. The molecule has 9 heteroatoms. The maximum absolute atomic E-state index is 12.3. The second-order valence-corrected chi connectivity index (χ2v) is 4.07. The molecule has 1 rings (SSSR count).